The van der Waals surface area contributed by atoms with E-state index in [0.717, 1.165) is 11.3 Å². The number of carbonyl (C=O) groups excluding carboxylic acids is 2. The van der Waals surface area contributed by atoms with Gasteiger partial charge < -0.3 is 9.47 Å². The van der Waals surface area contributed by atoms with E-state index < -0.39 is 12.1 Å². The van der Waals surface area contributed by atoms with Gasteiger partial charge in [0.25, 0.3) is 0 Å². The van der Waals surface area contributed by atoms with Gasteiger partial charge in [0.05, 0.1) is 5.56 Å². The minimum absolute atomic E-state index is 0.190. The molecular formula is C25H24O4. The molecule has 0 fully saturated rings. The van der Waals surface area contributed by atoms with E-state index in [4.69, 9.17) is 9.47 Å². The summed E-state index contributed by atoms with van der Waals surface area (Å²) in [5.74, 6) is 0.0981. The smallest absolute Gasteiger partial charge is 0.338 e. The summed E-state index contributed by atoms with van der Waals surface area (Å²) in [5, 5.41) is 0. The first-order chi connectivity index (χ1) is 14.1. The fraction of sp³-hybridized carbons (Fsp3) is 0.200. The largest absolute Gasteiger partial charge is 0.489 e. The Morgan fingerprint density at radius 2 is 1.48 bits per heavy atom. The first-order valence-corrected chi connectivity index (χ1v) is 9.65. The van der Waals surface area contributed by atoms with Crippen molar-refractivity contribution < 1.29 is 19.1 Å². The zero-order valence-corrected chi connectivity index (χ0v) is 16.6. The first-order valence-electron chi connectivity index (χ1n) is 9.65. The normalized spacial score (nSPS) is 11.5. The van der Waals surface area contributed by atoms with Crippen LogP contribution in [0.1, 0.15) is 45.2 Å². The number of rotatable bonds is 8. The zero-order valence-electron chi connectivity index (χ0n) is 16.6. The average molecular weight is 388 g/mol. The Morgan fingerprint density at radius 1 is 0.828 bits per heavy atom. The molecule has 0 aliphatic heterocycles. The van der Waals surface area contributed by atoms with Crippen LogP contribution in [0.5, 0.6) is 5.75 Å². The molecule has 0 saturated heterocycles. The Morgan fingerprint density at radius 3 is 2.10 bits per heavy atom. The van der Waals surface area contributed by atoms with Crippen molar-refractivity contribution in [3.8, 4) is 5.75 Å². The molecule has 3 aromatic rings. The molecule has 0 aromatic heterocycles. The van der Waals surface area contributed by atoms with Gasteiger partial charge in [-0.05, 0) is 43.2 Å². The maximum atomic E-state index is 12.5. The molecule has 0 N–H and O–H groups in total. The zero-order chi connectivity index (χ0) is 20.6. The fourth-order valence-electron chi connectivity index (χ4n) is 2.85. The van der Waals surface area contributed by atoms with Crippen LogP contribution in [0.2, 0.25) is 0 Å². The minimum atomic E-state index is -0.797. The van der Waals surface area contributed by atoms with Crippen LogP contribution in [0, 0.1) is 6.92 Å². The Bertz CT molecular complexity index is 944. The van der Waals surface area contributed by atoms with Crippen molar-refractivity contribution in [3.05, 3.63) is 101 Å². The molecule has 0 saturated carbocycles. The molecule has 4 nitrogen and oxygen atoms in total. The molecule has 29 heavy (non-hydrogen) atoms. The Balaban J connectivity index is 1.59. The number of aryl methyl sites for hydroxylation is 1. The second-order valence-corrected chi connectivity index (χ2v) is 6.83. The van der Waals surface area contributed by atoms with E-state index in [1.54, 1.807) is 36.4 Å². The summed E-state index contributed by atoms with van der Waals surface area (Å²) in [7, 11) is 0. The highest BCUT2D eigenvalue weighted by atomic mass is 16.5. The van der Waals surface area contributed by atoms with Crippen LogP contribution in [-0.2, 0) is 11.3 Å². The third-order valence-corrected chi connectivity index (χ3v) is 4.59. The number of carbonyl (C=O) groups is 2. The maximum Gasteiger partial charge on any atom is 0.338 e. The monoisotopic (exact) mass is 388 g/mol. The summed E-state index contributed by atoms with van der Waals surface area (Å²) in [6.07, 6.45) is -0.378. The Hall–Kier alpha value is -3.40. The number of ether oxygens (including phenoxy) is 2. The summed E-state index contributed by atoms with van der Waals surface area (Å²) in [4.78, 5) is 25.0. The molecule has 0 bridgehead atoms. The minimum Gasteiger partial charge on any atom is -0.489 e. The standard InChI is InChI=1S/C25H24O4/c1-3-23(24(26)20-7-5-4-6-8-20)29-25(27)21-13-11-19(12-14-21)17-28-22-15-9-18(2)10-16-22/h4-16,23H,3,17H2,1-2H3/t23-/m1/s1. The molecule has 3 rings (SSSR count). The molecule has 0 amide bonds. The highest BCUT2D eigenvalue weighted by Gasteiger charge is 2.23. The summed E-state index contributed by atoms with van der Waals surface area (Å²) >= 11 is 0. The molecule has 1 atom stereocenters. The van der Waals surface area contributed by atoms with Crippen LogP contribution < -0.4 is 4.74 Å². The number of Topliss-reactive ketones (excluding diaryl/α,β-unsaturated/α-hetero) is 1. The van der Waals surface area contributed by atoms with Crippen molar-refractivity contribution in [1.82, 2.24) is 0 Å². The molecule has 0 spiro atoms. The lowest BCUT2D eigenvalue weighted by Gasteiger charge is -2.15. The van der Waals surface area contributed by atoms with E-state index in [0.29, 0.717) is 24.2 Å². The molecular weight excluding hydrogens is 364 g/mol. The average Bonchev–Trinajstić information content (AvgIpc) is 2.77. The van der Waals surface area contributed by atoms with Crippen molar-refractivity contribution >= 4 is 11.8 Å². The molecule has 0 unspecified atom stereocenters. The van der Waals surface area contributed by atoms with Crippen LogP contribution in [-0.4, -0.2) is 17.9 Å². The van der Waals surface area contributed by atoms with Gasteiger partial charge in [0.15, 0.2) is 6.10 Å². The van der Waals surface area contributed by atoms with Gasteiger partial charge in [0, 0.05) is 5.56 Å². The third-order valence-electron chi connectivity index (χ3n) is 4.59. The van der Waals surface area contributed by atoms with Crippen LogP contribution in [0.3, 0.4) is 0 Å². The van der Waals surface area contributed by atoms with E-state index in [1.807, 2.05) is 56.3 Å². The molecule has 0 radical (unpaired) electrons. The van der Waals surface area contributed by atoms with Crippen molar-refractivity contribution in [1.29, 1.82) is 0 Å². The number of benzene rings is 3. The van der Waals surface area contributed by atoms with Gasteiger partial charge in [0.1, 0.15) is 12.4 Å². The van der Waals surface area contributed by atoms with Crippen molar-refractivity contribution in [3.63, 3.8) is 0 Å². The Kier molecular flexibility index (Phi) is 6.80. The van der Waals surface area contributed by atoms with Crippen molar-refractivity contribution in [2.45, 2.75) is 33.0 Å². The summed E-state index contributed by atoms with van der Waals surface area (Å²) in [6, 6.07) is 23.7. The number of hydrogen-bond acceptors (Lipinski definition) is 4. The molecule has 0 aliphatic carbocycles. The van der Waals surface area contributed by atoms with Crippen molar-refractivity contribution in [2.75, 3.05) is 0 Å². The van der Waals surface area contributed by atoms with Crippen LogP contribution in [0.15, 0.2) is 78.9 Å². The van der Waals surface area contributed by atoms with E-state index in [9.17, 15) is 9.59 Å². The third kappa shape index (κ3) is 5.55. The fourth-order valence-corrected chi connectivity index (χ4v) is 2.85. The summed E-state index contributed by atoms with van der Waals surface area (Å²) in [6.45, 7) is 4.25. The second-order valence-electron chi connectivity index (χ2n) is 6.83. The quantitative estimate of drug-likeness (QED) is 0.383. The van der Waals surface area contributed by atoms with E-state index in [1.165, 1.54) is 5.56 Å². The molecule has 3 aromatic carbocycles. The predicted octanol–water partition coefficient (Wildman–Crippen LogP) is 5.39. The topological polar surface area (TPSA) is 52.6 Å². The van der Waals surface area contributed by atoms with Gasteiger partial charge in [-0.1, -0.05) is 67.1 Å². The van der Waals surface area contributed by atoms with Gasteiger partial charge >= 0.3 is 5.97 Å². The molecule has 148 valence electrons. The summed E-state index contributed by atoms with van der Waals surface area (Å²) in [5.41, 5.74) is 3.06. The SMILES string of the molecule is CC[C@@H](OC(=O)c1ccc(COc2ccc(C)cc2)cc1)C(=O)c1ccccc1. The maximum absolute atomic E-state index is 12.5. The van der Waals surface area contributed by atoms with Gasteiger partial charge in [-0.2, -0.15) is 0 Å². The van der Waals surface area contributed by atoms with Crippen LogP contribution in [0.25, 0.3) is 0 Å². The first kappa shape index (κ1) is 20.3. The number of hydrogen-bond donors (Lipinski definition) is 0. The van der Waals surface area contributed by atoms with Gasteiger partial charge in [0.2, 0.25) is 5.78 Å². The van der Waals surface area contributed by atoms with E-state index in [2.05, 4.69) is 0 Å². The molecule has 0 heterocycles. The number of ketones is 1. The van der Waals surface area contributed by atoms with Crippen LogP contribution in [0.4, 0.5) is 0 Å². The van der Waals surface area contributed by atoms with Gasteiger partial charge in [-0.15, -0.1) is 0 Å². The Labute approximate surface area is 171 Å². The van der Waals surface area contributed by atoms with Crippen molar-refractivity contribution in [2.24, 2.45) is 0 Å². The second kappa shape index (κ2) is 9.69. The van der Waals surface area contributed by atoms with E-state index >= 15 is 0 Å². The van der Waals surface area contributed by atoms with Gasteiger partial charge in [-0.3, -0.25) is 4.79 Å². The van der Waals surface area contributed by atoms with Gasteiger partial charge in [-0.25, -0.2) is 4.79 Å². The lowest BCUT2D eigenvalue weighted by Crippen LogP contribution is -2.26. The summed E-state index contributed by atoms with van der Waals surface area (Å²) < 4.78 is 11.2. The molecule has 0 aliphatic rings. The van der Waals surface area contributed by atoms with Crippen LogP contribution >= 0.6 is 0 Å². The predicted molar refractivity (Wildman–Crippen MR) is 112 cm³/mol. The lowest BCUT2D eigenvalue weighted by atomic mass is 10.0. The number of esters is 1. The highest BCUT2D eigenvalue weighted by molar-refractivity contribution is 6.01. The van der Waals surface area contributed by atoms with E-state index in [-0.39, 0.29) is 5.78 Å². The highest BCUT2D eigenvalue weighted by Crippen LogP contribution is 2.16. The molecule has 4 heteroatoms. The lowest BCUT2D eigenvalue weighted by molar-refractivity contribution is 0.0277.